The molecule has 0 atom stereocenters. The van der Waals surface area contributed by atoms with Crippen LogP contribution in [0.1, 0.15) is 27.2 Å². The van der Waals surface area contributed by atoms with Crippen LogP contribution in [0.15, 0.2) is 0 Å². The third-order valence-corrected chi connectivity index (χ3v) is 0.820. The Morgan fingerprint density at radius 2 is 1.70 bits per heavy atom. The van der Waals surface area contributed by atoms with Gasteiger partial charge in [0.25, 0.3) is 0 Å². The number of hydrogen-bond donors (Lipinski definition) is 2. The molecule has 0 heterocycles. The Hall–Kier alpha value is -0.570. The standard InChI is InChI=1S/C4H11N.C3H7NO/c1-4(2)3-5;1-2-3(4)5/h4H,3,5H2,1-2H3;2H2,1H3,(H2,4,5). The lowest BCUT2D eigenvalue weighted by molar-refractivity contribution is -0.117. The zero-order valence-corrected chi connectivity index (χ0v) is 7.05. The lowest BCUT2D eigenvalue weighted by Gasteiger charge is -1.91. The molecule has 0 radical (unpaired) electrons. The number of nitrogens with two attached hydrogens (primary N) is 2. The van der Waals surface area contributed by atoms with Crippen LogP contribution in [0.4, 0.5) is 0 Å². The minimum Gasteiger partial charge on any atom is -0.370 e. The molecule has 0 aromatic carbocycles. The van der Waals surface area contributed by atoms with Crippen LogP contribution in [0, 0.1) is 5.92 Å². The average molecular weight is 146 g/mol. The number of rotatable bonds is 2. The summed E-state index contributed by atoms with van der Waals surface area (Å²) in [4.78, 5) is 9.59. The molecule has 0 aromatic heterocycles. The minimum atomic E-state index is -0.245. The summed E-state index contributed by atoms with van der Waals surface area (Å²) in [6.07, 6.45) is 0.444. The molecule has 0 fully saturated rings. The summed E-state index contributed by atoms with van der Waals surface area (Å²) in [5.41, 5.74) is 9.82. The summed E-state index contributed by atoms with van der Waals surface area (Å²) >= 11 is 0. The van der Waals surface area contributed by atoms with Gasteiger partial charge in [-0.1, -0.05) is 20.8 Å². The zero-order valence-electron chi connectivity index (χ0n) is 7.05. The summed E-state index contributed by atoms with van der Waals surface area (Å²) < 4.78 is 0. The van der Waals surface area contributed by atoms with Gasteiger partial charge in [0, 0.05) is 6.42 Å². The van der Waals surface area contributed by atoms with E-state index in [4.69, 9.17) is 5.73 Å². The van der Waals surface area contributed by atoms with Gasteiger partial charge in [0.05, 0.1) is 0 Å². The highest BCUT2D eigenvalue weighted by Crippen LogP contribution is 1.81. The van der Waals surface area contributed by atoms with Gasteiger partial charge in [-0.25, -0.2) is 0 Å². The van der Waals surface area contributed by atoms with E-state index in [2.05, 4.69) is 19.6 Å². The fraction of sp³-hybridized carbons (Fsp3) is 0.857. The second kappa shape index (κ2) is 8.43. The smallest absolute Gasteiger partial charge is 0.217 e. The minimum absolute atomic E-state index is 0.245. The normalized spacial score (nSPS) is 8.50. The third-order valence-electron chi connectivity index (χ3n) is 0.820. The maximum absolute atomic E-state index is 9.59. The van der Waals surface area contributed by atoms with E-state index in [1.54, 1.807) is 6.92 Å². The number of hydrogen-bond acceptors (Lipinski definition) is 2. The Bertz CT molecular complexity index is 81.7. The van der Waals surface area contributed by atoms with E-state index in [1.165, 1.54) is 0 Å². The average Bonchev–Trinajstić information content (AvgIpc) is 1.89. The monoisotopic (exact) mass is 146 g/mol. The molecule has 10 heavy (non-hydrogen) atoms. The van der Waals surface area contributed by atoms with Crippen molar-refractivity contribution in [3.63, 3.8) is 0 Å². The molecule has 0 unspecified atom stereocenters. The van der Waals surface area contributed by atoms with Crippen LogP contribution in [-0.4, -0.2) is 12.5 Å². The van der Waals surface area contributed by atoms with Crippen molar-refractivity contribution in [2.75, 3.05) is 6.54 Å². The Kier molecular flexibility index (Phi) is 10.2. The molecular formula is C7H18N2O. The predicted molar refractivity (Wildman–Crippen MR) is 43.4 cm³/mol. The van der Waals surface area contributed by atoms with Gasteiger partial charge in [0.2, 0.25) is 5.91 Å². The van der Waals surface area contributed by atoms with E-state index in [0.29, 0.717) is 12.3 Å². The zero-order chi connectivity index (χ0) is 8.57. The second-order valence-electron chi connectivity index (χ2n) is 2.45. The molecule has 0 rings (SSSR count). The molecule has 0 spiro atoms. The van der Waals surface area contributed by atoms with Crippen LogP contribution in [0.5, 0.6) is 0 Å². The number of carbonyl (C=O) groups excluding carboxylic acids is 1. The highest BCUT2D eigenvalue weighted by atomic mass is 16.1. The van der Waals surface area contributed by atoms with E-state index in [-0.39, 0.29) is 5.91 Å². The Balaban J connectivity index is 0. The Morgan fingerprint density at radius 3 is 1.70 bits per heavy atom. The van der Waals surface area contributed by atoms with Crippen LogP contribution in [-0.2, 0) is 4.79 Å². The fourth-order valence-electron chi connectivity index (χ4n) is 0. The van der Waals surface area contributed by atoms with E-state index in [0.717, 1.165) is 6.54 Å². The maximum atomic E-state index is 9.59. The molecular weight excluding hydrogens is 128 g/mol. The van der Waals surface area contributed by atoms with Crippen molar-refractivity contribution >= 4 is 5.91 Å². The van der Waals surface area contributed by atoms with Crippen LogP contribution >= 0.6 is 0 Å². The van der Waals surface area contributed by atoms with Gasteiger partial charge in [0.15, 0.2) is 0 Å². The van der Waals surface area contributed by atoms with Crippen LogP contribution in [0.2, 0.25) is 0 Å². The lowest BCUT2D eigenvalue weighted by atomic mass is 10.2. The molecule has 0 bridgehead atoms. The maximum Gasteiger partial charge on any atom is 0.217 e. The summed E-state index contributed by atoms with van der Waals surface area (Å²) in [5.74, 6) is 0.417. The van der Waals surface area contributed by atoms with Gasteiger partial charge in [-0.2, -0.15) is 0 Å². The predicted octanol–water partition coefficient (Wildman–Crippen LogP) is 0.483. The highest BCUT2D eigenvalue weighted by molar-refractivity contribution is 5.73. The molecule has 3 heteroatoms. The SMILES string of the molecule is CC(C)CN.CCC(N)=O. The van der Waals surface area contributed by atoms with E-state index >= 15 is 0 Å². The summed E-state index contributed by atoms with van der Waals surface area (Å²) in [7, 11) is 0. The first-order valence-corrected chi connectivity index (χ1v) is 3.52. The van der Waals surface area contributed by atoms with Crippen LogP contribution in [0.3, 0.4) is 0 Å². The largest absolute Gasteiger partial charge is 0.370 e. The van der Waals surface area contributed by atoms with E-state index in [9.17, 15) is 4.79 Å². The van der Waals surface area contributed by atoms with Crippen molar-refractivity contribution in [3.05, 3.63) is 0 Å². The van der Waals surface area contributed by atoms with Crippen molar-refractivity contribution in [3.8, 4) is 0 Å². The molecule has 0 aliphatic heterocycles. The fourth-order valence-corrected chi connectivity index (χ4v) is 0. The number of amides is 1. The Labute approximate surface area is 62.8 Å². The van der Waals surface area contributed by atoms with Crippen molar-refractivity contribution in [1.82, 2.24) is 0 Å². The first-order valence-electron chi connectivity index (χ1n) is 3.52. The molecule has 3 nitrogen and oxygen atoms in total. The van der Waals surface area contributed by atoms with Gasteiger partial charge in [-0.15, -0.1) is 0 Å². The molecule has 62 valence electrons. The number of carbonyl (C=O) groups is 1. The molecule has 4 N–H and O–H groups in total. The molecule has 0 saturated carbocycles. The molecule has 0 aromatic rings. The van der Waals surface area contributed by atoms with Gasteiger partial charge in [0.1, 0.15) is 0 Å². The van der Waals surface area contributed by atoms with Crippen molar-refractivity contribution < 1.29 is 4.79 Å². The number of primary amides is 1. The van der Waals surface area contributed by atoms with Crippen LogP contribution in [0.25, 0.3) is 0 Å². The van der Waals surface area contributed by atoms with Gasteiger partial charge >= 0.3 is 0 Å². The van der Waals surface area contributed by atoms with Gasteiger partial charge in [-0.05, 0) is 12.5 Å². The molecule has 1 amide bonds. The first kappa shape index (κ1) is 12.1. The van der Waals surface area contributed by atoms with E-state index in [1.807, 2.05) is 0 Å². The summed E-state index contributed by atoms with van der Waals surface area (Å²) in [6, 6.07) is 0. The van der Waals surface area contributed by atoms with Gasteiger partial charge in [-0.3, -0.25) is 4.79 Å². The summed E-state index contributed by atoms with van der Waals surface area (Å²) in [6.45, 7) is 6.72. The molecule has 0 aliphatic rings. The highest BCUT2D eigenvalue weighted by Gasteiger charge is 1.80. The van der Waals surface area contributed by atoms with E-state index < -0.39 is 0 Å². The van der Waals surface area contributed by atoms with Crippen LogP contribution < -0.4 is 11.5 Å². The van der Waals surface area contributed by atoms with Crippen molar-refractivity contribution in [2.24, 2.45) is 17.4 Å². The van der Waals surface area contributed by atoms with Crippen molar-refractivity contribution in [1.29, 1.82) is 0 Å². The molecule has 0 aliphatic carbocycles. The lowest BCUT2D eigenvalue weighted by Crippen LogP contribution is -2.06. The Morgan fingerprint density at radius 1 is 1.50 bits per heavy atom. The quantitative estimate of drug-likeness (QED) is 0.595. The topological polar surface area (TPSA) is 69.1 Å². The third kappa shape index (κ3) is 26.1. The van der Waals surface area contributed by atoms with Gasteiger partial charge < -0.3 is 11.5 Å². The molecule has 0 saturated heterocycles. The second-order valence-corrected chi connectivity index (χ2v) is 2.45. The first-order chi connectivity index (χ1) is 4.54. The van der Waals surface area contributed by atoms with Crippen molar-refractivity contribution in [2.45, 2.75) is 27.2 Å². The summed E-state index contributed by atoms with van der Waals surface area (Å²) in [5, 5.41) is 0.